The molecule has 0 saturated heterocycles. The van der Waals surface area contributed by atoms with E-state index in [1.165, 1.54) is 17.8 Å². The van der Waals surface area contributed by atoms with Gasteiger partial charge in [-0.3, -0.25) is 14.6 Å². The van der Waals surface area contributed by atoms with E-state index in [0.717, 1.165) is 43.0 Å². The minimum atomic E-state index is -0.355. The first-order valence-corrected chi connectivity index (χ1v) is 12.2. The molecule has 0 spiro atoms. The highest BCUT2D eigenvalue weighted by molar-refractivity contribution is 6.04. The number of nitrogens with zero attached hydrogens (tertiary/aromatic N) is 3. The molecule has 35 heavy (non-hydrogen) atoms. The number of nitrogens with one attached hydrogen (secondary N) is 1. The van der Waals surface area contributed by atoms with E-state index in [9.17, 15) is 9.59 Å². The summed E-state index contributed by atoms with van der Waals surface area (Å²) in [6.45, 7) is 4.40. The van der Waals surface area contributed by atoms with Gasteiger partial charge in [-0.05, 0) is 67.5 Å². The van der Waals surface area contributed by atoms with E-state index >= 15 is 0 Å². The van der Waals surface area contributed by atoms with Crippen molar-refractivity contribution in [2.75, 3.05) is 19.0 Å². The third-order valence-corrected chi connectivity index (χ3v) is 6.58. The maximum atomic E-state index is 12.7. The second-order valence-corrected chi connectivity index (χ2v) is 8.99. The van der Waals surface area contributed by atoms with Crippen molar-refractivity contribution in [1.29, 1.82) is 5.26 Å². The lowest BCUT2D eigenvalue weighted by molar-refractivity contribution is -0.126. The van der Waals surface area contributed by atoms with Gasteiger partial charge < -0.3 is 14.6 Å². The third kappa shape index (κ3) is 6.34. The fraction of sp³-hybridized carbons (Fsp3) is 0.429. The standard InChI is InChI=1S/C28H34N4O3/c1-5-7-21(9-8-20(6-2)27(33)18-35-4)24-17-32(3)26-11-10-22(15-23(24)26)31-28(34)25-14-19(16-29)12-13-30-25/h10-15,17,20-21H,5-9,18H2,1-4H3,(H,31,34). The number of benzene rings is 1. The van der Waals surface area contributed by atoms with Gasteiger partial charge in [0.1, 0.15) is 12.3 Å². The first-order valence-electron chi connectivity index (χ1n) is 12.2. The number of amides is 1. The van der Waals surface area contributed by atoms with Gasteiger partial charge in [0.15, 0.2) is 5.78 Å². The summed E-state index contributed by atoms with van der Waals surface area (Å²) in [7, 11) is 3.59. The average molecular weight is 475 g/mol. The topological polar surface area (TPSA) is 97.0 Å². The maximum absolute atomic E-state index is 12.7. The first-order chi connectivity index (χ1) is 16.9. The molecule has 2 atom stereocenters. The summed E-state index contributed by atoms with van der Waals surface area (Å²) >= 11 is 0. The van der Waals surface area contributed by atoms with Crippen molar-refractivity contribution in [3.63, 3.8) is 0 Å². The number of carbonyl (C=O) groups excluding carboxylic acids is 2. The number of rotatable bonds is 12. The van der Waals surface area contributed by atoms with Crippen LogP contribution in [0.1, 0.15) is 73.5 Å². The van der Waals surface area contributed by atoms with E-state index in [2.05, 4.69) is 34.9 Å². The number of methoxy groups -OCH3 is 1. The molecule has 0 radical (unpaired) electrons. The molecule has 1 aromatic carbocycles. The van der Waals surface area contributed by atoms with Gasteiger partial charge in [0.25, 0.3) is 5.91 Å². The van der Waals surface area contributed by atoms with E-state index < -0.39 is 0 Å². The van der Waals surface area contributed by atoms with Gasteiger partial charge in [-0.15, -0.1) is 0 Å². The van der Waals surface area contributed by atoms with Crippen molar-refractivity contribution < 1.29 is 14.3 Å². The van der Waals surface area contributed by atoms with Crippen molar-refractivity contribution in [3.8, 4) is 6.07 Å². The Labute approximate surface area is 207 Å². The van der Waals surface area contributed by atoms with Crippen LogP contribution in [0.2, 0.25) is 0 Å². The van der Waals surface area contributed by atoms with Gasteiger partial charge in [-0.2, -0.15) is 5.26 Å². The zero-order valence-electron chi connectivity index (χ0n) is 21.0. The van der Waals surface area contributed by atoms with Crippen LogP contribution in [0, 0.1) is 17.2 Å². The SMILES string of the molecule is CCCC(CCC(CC)C(=O)COC)c1cn(C)c2ccc(NC(=O)c3cc(C#N)ccn3)cc12. The Bertz CT molecular complexity index is 1220. The number of aryl methyl sites for hydroxylation is 1. The third-order valence-electron chi connectivity index (χ3n) is 6.58. The fourth-order valence-corrected chi connectivity index (χ4v) is 4.70. The van der Waals surface area contributed by atoms with Gasteiger partial charge in [-0.25, -0.2) is 0 Å². The second kappa shape index (κ2) is 12.3. The number of Topliss-reactive ketones (excluding diaryl/α,β-unsaturated/α-hetero) is 1. The Morgan fingerprint density at radius 2 is 1.97 bits per heavy atom. The number of ether oxygens (including phenoxy) is 1. The number of pyridine rings is 1. The van der Waals surface area contributed by atoms with Crippen LogP contribution in [-0.4, -0.2) is 35.0 Å². The zero-order valence-corrected chi connectivity index (χ0v) is 21.0. The molecule has 2 unspecified atom stereocenters. The molecule has 0 aliphatic rings. The fourth-order valence-electron chi connectivity index (χ4n) is 4.70. The molecule has 3 aromatic rings. The summed E-state index contributed by atoms with van der Waals surface area (Å²) in [5, 5.41) is 13.1. The molecule has 2 aromatic heterocycles. The van der Waals surface area contributed by atoms with E-state index in [1.807, 2.05) is 31.3 Å². The first kappa shape index (κ1) is 26.1. The molecule has 1 amide bonds. The summed E-state index contributed by atoms with van der Waals surface area (Å²) in [6, 6.07) is 11.0. The Kier molecular flexibility index (Phi) is 9.16. The Morgan fingerprint density at radius 3 is 2.66 bits per heavy atom. The Morgan fingerprint density at radius 1 is 1.17 bits per heavy atom. The van der Waals surface area contributed by atoms with Gasteiger partial charge in [0.2, 0.25) is 0 Å². The van der Waals surface area contributed by atoms with Gasteiger partial charge in [0, 0.05) is 49.1 Å². The average Bonchev–Trinajstić information content (AvgIpc) is 3.19. The van der Waals surface area contributed by atoms with Crippen LogP contribution in [0.15, 0.2) is 42.7 Å². The number of nitriles is 1. The van der Waals surface area contributed by atoms with Gasteiger partial charge in [0.05, 0.1) is 11.6 Å². The van der Waals surface area contributed by atoms with Crippen molar-refractivity contribution >= 4 is 28.3 Å². The maximum Gasteiger partial charge on any atom is 0.274 e. The lowest BCUT2D eigenvalue weighted by Gasteiger charge is -2.20. The zero-order chi connectivity index (χ0) is 25.4. The molecule has 2 heterocycles. The van der Waals surface area contributed by atoms with Crippen molar-refractivity contribution in [2.24, 2.45) is 13.0 Å². The number of aromatic nitrogens is 2. The number of hydrogen-bond donors (Lipinski definition) is 1. The molecular weight excluding hydrogens is 440 g/mol. The number of hydrogen-bond acceptors (Lipinski definition) is 5. The smallest absolute Gasteiger partial charge is 0.274 e. The molecular formula is C28H34N4O3. The minimum absolute atomic E-state index is 0.0100. The van der Waals surface area contributed by atoms with E-state index in [1.54, 1.807) is 13.2 Å². The minimum Gasteiger partial charge on any atom is -0.377 e. The van der Waals surface area contributed by atoms with E-state index in [0.29, 0.717) is 17.2 Å². The summed E-state index contributed by atoms with van der Waals surface area (Å²) in [5.41, 5.74) is 3.59. The normalized spacial score (nSPS) is 12.8. The molecule has 0 aliphatic heterocycles. The highest BCUT2D eigenvalue weighted by Crippen LogP contribution is 2.36. The second-order valence-electron chi connectivity index (χ2n) is 8.99. The monoisotopic (exact) mass is 474 g/mol. The molecule has 0 bridgehead atoms. The van der Waals surface area contributed by atoms with Crippen LogP contribution in [0.5, 0.6) is 0 Å². The van der Waals surface area contributed by atoms with Crippen LogP contribution in [0.4, 0.5) is 5.69 Å². The molecule has 0 aliphatic carbocycles. The van der Waals surface area contributed by atoms with Gasteiger partial charge >= 0.3 is 0 Å². The highest BCUT2D eigenvalue weighted by Gasteiger charge is 2.22. The van der Waals surface area contributed by atoms with Crippen LogP contribution in [-0.2, 0) is 16.6 Å². The number of ketones is 1. The summed E-state index contributed by atoms with van der Waals surface area (Å²) < 4.78 is 7.18. The Hall–Kier alpha value is -3.50. The molecule has 1 N–H and O–H groups in total. The lowest BCUT2D eigenvalue weighted by Crippen LogP contribution is -2.19. The molecule has 7 nitrogen and oxygen atoms in total. The van der Waals surface area contributed by atoms with E-state index in [4.69, 9.17) is 10.00 Å². The van der Waals surface area contributed by atoms with Gasteiger partial charge in [-0.1, -0.05) is 20.3 Å². The van der Waals surface area contributed by atoms with Crippen molar-refractivity contribution in [2.45, 2.75) is 51.9 Å². The molecule has 184 valence electrons. The van der Waals surface area contributed by atoms with Crippen LogP contribution < -0.4 is 5.32 Å². The quantitative estimate of drug-likeness (QED) is 0.368. The molecule has 3 rings (SSSR count). The largest absolute Gasteiger partial charge is 0.377 e. The Balaban J connectivity index is 1.86. The van der Waals surface area contributed by atoms with Crippen LogP contribution >= 0.6 is 0 Å². The lowest BCUT2D eigenvalue weighted by atomic mass is 9.85. The van der Waals surface area contributed by atoms with Crippen molar-refractivity contribution in [3.05, 3.63) is 59.5 Å². The van der Waals surface area contributed by atoms with E-state index in [-0.39, 0.29) is 29.9 Å². The number of carbonyl (C=O) groups is 2. The number of fused-ring (bicyclic) bond motifs is 1. The summed E-state index contributed by atoms with van der Waals surface area (Å²) in [6.07, 6.45) is 8.26. The van der Waals surface area contributed by atoms with Crippen LogP contribution in [0.3, 0.4) is 0 Å². The summed E-state index contributed by atoms with van der Waals surface area (Å²) in [5.74, 6) is 0.137. The molecule has 0 saturated carbocycles. The van der Waals surface area contributed by atoms with Crippen molar-refractivity contribution in [1.82, 2.24) is 9.55 Å². The van der Waals surface area contributed by atoms with Crippen LogP contribution in [0.25, 0.3) is 10.9 Å². The summed E-state index contributed by atoms with van der Waals surface area (Å²) in [4.78, 5) is 29.2. The number of anilines is 1. The highest BCUT2D eigenvalue weighted by atomic mass is 16.5. The predicted octanol–water partition coefficient (Wildman–Crippen LogP) is 5.60. The molecule has 0 fully saturated rings. The molecule has 7 heteroatoms. The predicted molar refractivity (Wildman–Crippen MR) is 137 cm³/mol.